The van der Waals surface area contributed by atoms with Crippen molar-refractivity contribution < 1.29 is 4.79 Å². The first-order valence-corrected chi connectivity index (χ1v) is 9.00. The molecule has 1 N–H and O–H groups in total. The Balaban J connectivity index is 1.50. The number of hydrogen-bond donors (Lipinski definition) is 1. The summed E-state index contributed by atoms with van der Waals surface area (Å²) in [6, 6.07) is 10.6. The van der Waals surface area contributed by atoms with Gasteiger partial charge in [0.2, 0.25) is 5.91 Å². The van der Waals surface area contributed by atoms with Crippen molar-refractivity contribution in [1.29, 1.82) is 0 Å². The predicted molar refractivity (Wildman–Crippen MR) is 95.6 cm³/mol. The average Bonchev–Trinajstić information content (AvgIpc) is 2.98. The summed E-state index contributed by atoms with van der Waals surface area (Å²) in [4.78, 5) is 12.5. The van der Waals surface area contributed by atoms with E-state index in [1.165, 1.54) is 16.8 Å². The minimum Gasteiger partial charge on any atom is -0.349 e. The van der Waals surface area contributed by atoms with E-state index in [9.17, 15) is 4.79 Å². The van der Waals surface area contributed by atoms with Crippen LogP contribution < -0.4 is 5.32 Å². The van der Waals surface area contributed by atoms with Crippen LogP contribution in [0.4, 0.5) is 0 Å². The molecule has 0 spiro atoms. The lowest BCUT2D eigenvalue weighted by atomic mass is 9.92. The number of aromatic nitrogens is 2. The van der Waals surface area contributed by atoms with Crippen LogP contribution >= 0.6 is 0 Å². The molecule has 0 fully saturated rings. The van der Waals surface area contributed by atoms with Crippen molar-refractivity contribution in [2.75, 3.05) is 0 Å². The largest absolute Gasteiger partial charge is 0.349 e. The van der Waals surface area contributed by atoms with E-state index >= 15 is 0 Å². The molecular weight excluding hydrogens is 298 g/mol. The summed E-state index contributed by atoms with van der Waals surface area (Å²) in [5, 5.41) is 7.59. The summed E-state index contributed by atoms with van der Waals surface area (Å²) in [5.74, 6) is 0.223. The molecule has 2 unspecified atom stereocenters. The maximum Gasteiger partial charge on any atom is 0.223 e. The highest BCUT2D eigenvalue weighted by Gasteiger charge is 2.26. The van der Waals surface area contributed by atoms with E-state index in [0.29, 0.717) is 0 Å². The van der Waals surface area contributed by atoms with Crippen molar-refractivity contribution in [3.63, 3.8) is 0 Å². The Morgan fingerprint density at radius 3 is 2.96 bits per heavy atom. The van der Waals surface area contributed by atoms with Crippen LogP contribution in [-0.2, 0) is 24.7 Å². The molecule has 2 aromatic rings. The fraction of sp³-hybridized carbons (Fsp3) is 0.500. The van der Waals surface area contributed by atoms with E-state index in [1.54, 1.807) is 0 Å². The highest BCUT2D eigenvalue weighted by atomic mass is 16.1. The van der Waals surface area contributed by atoms with Gasteiger partial charge in [-0.15, -0.1) is 0 Å². The second-order valence-corrected chi connectivity index (χ2v) is 6.90. The number of nitrogens with one attached hydrogen (secondary N) is 1. The third-order valence-electron chi connectivity index (χ3n) is 5.09. The van der Waals surface area contributed by atoms with Crippen LogP contribution in [0.3, 0.4) is 0 Å². The first kappa shape index (κ1) is 16.7. The highest BCUT2D eigenvalue weighted by molar-refractivity contribution is 5.78. The van der Waals surface area contributed by atoms with E-state index in [4.69, 9.17) is 0 Å². The summed E-state index contributed by atoms with van der Waals surface area (Å²) in [7, 11) is 1.98. The minimum absolute atomic E-state index is 0.0516. The van der Waals surface area contributed by atoms with Crippen LogP contribution in [-0.4, -0.2) is 15.7 Å². The van der Waals surface area contributed by atoms with Gasteiger partial charge in [0.1, 0.15) is 0 Å². The van der Waals surface area contributed by atoms with Crippen molar-refractivity contribution in [1.82, 2.24) is 15.1 Å². The van der Waals surface area contributed by atoms with Gasteiger partial charge in [0.05, 0.1) is 12.2 Å². The Kier molecular flexibility index (Phi) is 5.34. The number of rotatable bonds is 6. The molecule has 1 aromatic heterocycles. The molecule has 2 atom stereocenters. The third-order valence-corrected chi connectivity index (χ3v) is 5.09. The van der Waals surface area contributed by atoms with Crippen molar-refractivity contribution in [2.45, 2.75) is 51.5 Å². The topological polar surface area (TPSA) is 46.9 Å². The molecule has 1 aromatic carbocycles. The van der Waals surface area contributed by atoms with Crippen molar-refractivity contribution in [3.05, 3.63) is 53.3 Å². The van der Waals surface area contributed by atoms with Crippen LogP contribution in [0.2, 0.25) is 0 Å². The summed E-state index contributed by atoms with van der Waals surface area (Å²) in [6.07, 6.45) is 8.11. The zero-order valence-electron chi connectivity index (χ0n) is 14.7. The summed E-state index contributed by atoms with van der Waals surface area (Å²) in [5.41, 5.74) is 3.81. The Hall–Kier alpha value is -2.10. The molecule has 4 nitrogen and oxygen atoms in total. The number of carbonyl (C=O) groups is 1. The van der Waals surface area contributed by atoms with Gasteiger partial charge in [0, 0.05) is 24.2 Å². The van der Waals surface area contributed by atoms with E-state index in [-0.39, 0.29) is 17.9 Å². The number of benzene rings is 1. The van der Waals surface area contributed by atoms with Gasteiger partial charge in [-0.3, -0.25) is 9.48 Å². The Morgan fingerprint density at radius 2 is 2.17 bits per heavy atom. The molecule has 0 saturated heterocycles. The number of hydrogen-bond acceptors (Lipinski definition) is 2. The molecule has 1 amide bonds. The van der Waals surface area contributed by atoms with Crippen LogP contribution in [0.15, 0.2) is 36.5 Å². The van der Waals surface area contributed by atoms with Gasteiger partial charge in [0.15, 0.2) is 0 Å². The van der Waals surface area contributed by atoms with Gasteiger partial charge < -0.3 is 5.32 Å². The summed E-state index contributed by atoms with van der Waals surface area (Å²) >= 11 is 0. The summed E-state index contributed by atoms with van der Waals surface area (Å²) in [6.45, 7) is 2.04. The van der Waals surface area contributed by atoms with Crippen LogP contribution in [0.5, 0.6) is 0 Å². The predicted octanol–water partition coefficient (Wildman–Crippen LogP) is 3.57. The third kappa shape index (κ3) is 3.86. The van der Waals surface area contributed by atoms with Gasteiger partial charge in [-0.2, -0.15) is 5.10 Å². The molecule has 0 aliphatic heterocycles. The Bertz CT molecular complexity index is 677. The maximum atomic E-state index is 12.5. The van der Waals surface area contributed by atoms with Crippen LogP contribution in [0.25, 0.3) is 0 Å². The van der Waals surface area contributed by atoms with Gasteiger partial charge in [0.25, 0.3) is 0 Å². The quantitative estimate of drug-likeness (QED) is 0.882. The molecule has 1 aliphatic carbocycles. The van der Waals surface area contributed by atoms with Gasteiger partial charge in [-0.05, 0) is 44.1 Å². The van der Waals surface area contributed by atoms with Gasteiger partial charge in [-0.1, -0.05) is 37.3 Å². The first-order valence-electron chi connectivity index (χ1n) is 9.00. The lowest BCUT2D eigenvalue weighted by Crippen LogP contribution is -2.34. The highest BCUT2D eigenvalue weighted by Crippen LogP contribution is 2.29. The molecule has 0 radical (unpaired) electrons. The number of nitrogens with zero attached hydrogens (tertiary/aromatic N) is 2. The molecule has 4 heteroatoms. The van der Waals surface area contributed by atoms with E-state index < -0.39 is 0 Å². The lowest BCUT2D eigenvalue weighted by molar-refractivity contribution is -0.125. The van der Waals surface area contributed by atoms with Crippen molar-refractivity contribution >= 4 is 5.91 Å². The molecule has 1 heterocycles. The molecule has 3 rings (SSSR count). The van der Waals surface area contributed by atoms with Gasteiger partial charge >= 0.3 is 0 Å². The SMILES string of the molecule is CC(CCCc1ccccc1)C(=O)NC1CCCc2c1cnn2C. The fourth-order valence-electron chi connectivity index (χ4n) is 3.56. The summed E-state index contributed by atoms with van der Waals surface area (Å²) < 4.78 is 1.94. The zero-order valence-corrected chi connectivity index (χ0v) is 14.7. The standard InChI is InChI=1S/C20H27N3O/c1-15(8-6-11-16-9-4-3-5-10-16)20(24)22-18-12-7-13-19-17(18)14-21-23(19)2/h3-5,9-10,14-15,18H,6-8,11-13H2,1-2H3,(H,22,24). The molecule has 0 bridgehead atoms. The molecule has 0 saturated carbocycles. The average molecular weight is 325 g/mol. The number of aryl methyl sites for hydroxylation is 2. The monoisotopic (exact) mass is 325 g/mol. The second kappa shape index (κ2) is 7.65. The molecular formula is C20H27N3O. The second-order valence-electron chi connectivity index (χ2n) is 6.90. The normalized spacial score (nSPS) is 18.0. The first-order chi connectivity index (χ1) is 11.6. The smallest absolute Gasteiger partial charge is 0.223 e. The lowest BCUT2D eigenvalue weighted by Gasteiger charge is -2.25. The molecule has 128 valence electrons. The van der Waals surface area contributed by atoms with E-state index in [1.807, 2.05) is 30.9 Å². The molecule has 1 aliphatic rings. The van der Waals surface area contributed by atoms with Crippen molar-refractivity contribution in [3.8, 4) is 0 Å². The van der Waals surface area contributed by atoms with E-state index in [0.717, 1.165) is 38.5 Å². The number of carbonyl (C=O) groups excluding carboxylic acids is 1. The molecule has 24 heavy (non-hydrogen) atoms. The van der Waals surface area contributed by atoms with Crippen LogP contribution in [0, 0.1) is 5.92 Å². The Morgan fingerprint density at radius 1 is 1.38 bits per heavy atom. The number of fused-ring (bicyclic) bond motifs is 1. The maximum absolute atomic E-state index is 12.5. The van der Waals surface area contributed by atoms with E-state index in [2.05, 4.69) is 34.7 Å². The zero-order chi connectivity index (χ0) is 16.9. The minimum atomic E-state index is 0.0516. The van der Waals surface area contributed by atoms with Gasteiger partial charge in [-0.25, -0.2) is 0 Å². The van der Waals surface area contributed by atoms with Crippen molar-refractivity contribution in [2.24, 2.45) is 13.0 Å². The van der Waals surface area contributed by atoms with Crippen LogP contribution in [0.1, 0.15) is 55.5 Å². The fourth-order valence-corrected chi connectivity index (χ4v) is 3.56. The Labute approximate surface area is 144 Å². The number of amides is 1.